The van der Waals surface area contributed by atoms with Gasteiger partial charge < -0.3 is 10.6 Å². The Kier molecular flexibility index (Phi) is 5.26. The molecule has 0 spiro atoms. The summed E-state index contributed by atoms with van der Waals surface area (Å²) in [4.78, 5) is 16.8. The lowest BCUT2D eigenvalue weighted by molar-refractivity contribution is -0.121. The highest BCUT2D eigenvalue weighted by Crippen LogP contribution is 2.21. The largest absolute Gasteiger partial charge is 0.352 e. The van der Waals surface area contributed by atoms with Crippen LogP contribution in [0.4, 0.5) is 0 Å². The van der Waals surface area contributed by atoms with Crippen LogP contribution in [0.1, 0.15) is 47.2 Å². The molecule has 0 unspecified atom stereocenters. The van der Waals surface area contributed by atoms with E-state index in [9.17, 15) is 4.79 Å². The van der Waals surface area contributed by atoms with Crippen molar-refractivity contribution in [3.63, 3.8) is 0 Å². The zero-order valence-electron chi connectivity index (χ0n) is 14.4. The van der Waals surface area contributed by atoms with Crippen LogP contribution < -0.4 is 10.6 Å². The van der Waals surface area contributed by atoms with Crippen molar-refractivity contribution in [3.05, 3.63) is 64.5 Å². The number of carbonyl (C=O) groups excluding carboxylic acids is 1. The van der Waals surface area contributed by atoms with Crippen LogP contribution in [0.5, 0.6) is 0 Å². The molecule has 0 bridgehead atoms. The van der Waals surface area contributed by atoms with Crippen molar-refractivity contribution in [2.24, 2.45) is 0 Å². The predicted octanol–water partition coefficient (Wildman–Crippen LogP) is 2.85. The minimum Gasteiger partial charge on any atom is -0.352 e. The normalized spacial score (nSPS) is 14.8. The number of hydrogen-bond acceptors (Lipinski definition) is 3. The molecule has 0 fully saturated rings. The van der Waals surface area contributed by atoms with Gasteiger partial charge in [-0.2, -0.15) is 0 Å². The third-order valence-electron chi connectivity index (χ3n) is 4.79. The van der Waals surface area contributed by atoms with E-state index < -0.39 is 0 Å². The molecule has 0 aliphatic carbocycles. The molecule has 4 heteroatoms. The number of pyridine rings is 1. The highest BCUT2D eigenvalue weighted by molar-refractivity contribution is 5.76. The van der Waals surface area contributed by atoms with Gasteiger partial charge in [0.1, 0.15) is 0 Å². The standard InChI is InChI=1S/C20H25N3O/c1-14(16-6-4-3-5-7-16)10-20(24)23-13-19-15(2)22-12-17-11-21-9-8-18(17)19/h3-7,12,14,21H,8-11,13H2,1-2H3,(H,23,24)/t14-/m0/s1. The molecule has 4 nitrogen and oxygen atoms in total. The lowest BCUT2D eigenvalue weighted by atomic mass is 9.95. The number of rotatable bonds is 5. The number of nitrogens with zero attached hydrogens (tertiary/aromatic N) is 1. The molecule has 2 N–H and O–H groups in total. The first-order chi connectivity index (χ1) is 11.6. The van der Waals surface area contributed by atoms with Gasteiger partial charge >= 0.3 is 0 Å². The fourth-order valence-corrected chi connectivity index (χ4v) is 3.31. The highest BCUT2D eigenvalue weighted by Gasteiger charge is 2.17. The van der Waals surface area contributed by atoms with E-state index in [1.807, 2.05) is 31.3 Å². The van der Waals surface area contributed by atoms with E-state index in [0.717, 1.165) is 25.2 Å². The maximum absolute atomic E-state index is 12.3. The molecule has 1 aliphatic rings. The van der Waals surface area contributed by atoms with E-state index in [4.69, 9.17) is 0 Å². The van der Waals surface area contributed by atoms with Gasteiger partial charge in [-0.3, -0.25) is 9.78 Å². The number of benzene rings is 1. The van der Waals surface area contributed by atoms with Crippen LogP contribution in [-0.4, -0.2) is 17.4 Å². The van der Waals surface area contributed by atoms with Crippen LogP contribution in [-0.2, 0) is 24.3 Å². The third kappa shape index (κ3) is 3.82. The van der Waals surface area contributed by atoms with Crippen LogP contribution in [0.25, 0.3) is 0 Å². The second kappa shape index (κ2) is 7.58. The van der Waals surface area contributed by atoms with Gasteiger partial charge in [0.2, 0.25) is 5.91 Å². The molecule has 0 saturated carbocycles. The second-order valence-corrected chi connectivity index (χ2v) is 6.55. The van der Waals surface area contributed by atoms with E-state index in [2.05, 4.69) is 34.7 Å². The number of aryl methyl sites for hydroxylation is 1. The molecule has 0 radical (unpaired) electrons. The van der Waals surface area contributed by atoms with Crippen LogP contribution in [0.15, 0.2) is 36.5 Å². The Bertz CT molecular complexity index is 712. The summed E-state index contributed by atoms with van der Waals surface area (Å²) in [5, 5.41) is 6.46. The van der Waals surface area contributed by atoms with Gasteiger partial charge in [0.25, 0.3) is 0 Å². The van der Waals surface area contributed by atoms with Crippen LogP contribution >= 0.6 is 0 Å². The van der Waals surface area contributed by atoms with Crippen molar-refractivity contribution in [1.29, 1.82) is 0 Å². The molecule has 126 valence electrons. The number of nitrogens with one attached hydrogen (secondary N) is 2. The van der Waals surface area contributed by atoms with Gasteiger partial charge in [-0.1, -0.05) is 37.3 Å². The first-order valence-corrected chi connectivity index (χ1v) is 8.63. The van der Waals surface area contributed by atoms with Crippen molar-refractivity contribution >= 4 is 5.91 Å². The van der Waals surface area contributed by atoms with Crippen LogP contribution in [0, 0.1) is 6.92 Å². The average molecular weight is 323 g/mol. The molecular weight excluding hydrogens is 298 g/mol. The van der Waals surface area contributed by atoms with Gasteiger partial charge in [-0.25, -0.2) is 0 Å². The van der Waals surface area contributed by atoms with Gasteiger partial charge in [0.15, 0.2) is 0 Å². The number of carbonyl (C=O) groups is 1. The fourth-order valence-electron chi connectivity index (χ4n) is 3.31. The molecular formula is C20H25N3O. The summed E-state index contributed by atoms with van der Waals surface area (Å²) in [6, 6.07) is 10.2. The summed E-state index contributed by atoms with van der Waals surface area (Å²) in [5.41, 5.74) is 6.03. The lowest BCUT2D eigenvalue weighted by Crippen LogP contribution is -2.29. The summed E-state index contributed by atoms with van der Waals surface area (Å²) in [7, 11) is 0. The maximum atomic E-state index is 12.3. The maximum Gasteiger partial charge on any atom is 0.220 e. The first-order valence-electron chi connectivity index (χ1n) is 8.63. The Morgan fingerprint density at radius 1 is 1.33 bits per heavy atom. The van der Waals surface area contributed by atoms with Crippen LogP contribution in [0.3, 0.4) is 0 Å². The summed E-state index contributed by atoms with van der Waals surface area (Å²) >= 11 is 0. The van der Waals surface area contributed by atoms with Crippen molar-refractivity contribution in [2.45, 2.75) is 45.7 Å². The number of amides is 1. The molecule has 1 amide bonds. The van der Waals surface area contributed by atoms with E-state index in [1.54, 1.807) is 0 Å². The quantitative estimate of drug-likeness (QED) is 0.889. The number of fused-ring (bicyclic) bond motifs is 1. The predicted molar refractivity (Wildman–Crippen MR) is 95.7 cm³/mol. The minimum atomic E-state index is 0.0947. The van der Waals surface area contributed by atoms with Gasteiger partial charge in [0.05, 0.1) is 0 Å². The summed E-state index contributed by atoms with van der Waals surface area (Å²) < 4.78 is 0. The Labute approximate surface area is 143 Å². The molecule has 2 aromatic rings. The SMILES string of the molecule is Cc1ncc2c(c1CNC(=O)C[C@H](C)c1ccccc1)CCNC2. The van der Waals surface area contributed by atoms with E-state index in [1.165, 1.54) is 22.3 Å². The smallest absolute Gasteiger partial charge is 0.220 e. The summed E-state index contributed by atoms with van der Waals surface area (Å²) in [6.45, 7) is 6.55. The molecule has 1 atom stereocenters. The summed E-state index contributed by atoms with van der Waals surface area (Å²) in [5.74, 6) is 0.316. The molecule has 1 aromatic heterocycles. The van der Waals surface area contributed by atoms with Gasteiger partial charge in [0, 0.05) is 31.4 Å². The topological polar surface area (TPSA) is 54.0 Å². The number of hydrogen-bond donors (Lipinski definition) is 2. The van der Waals surface area contributed by atoms with E-state index in [0.29, 0.717) is 13.0 Å². The van der Waals surface area contributed by atoms with Gasteiger partial charge in [-0.05, 0) is 48.1 Å². The Morgan fingerprint density at radius 3 is 2.92 bits per heavy atom. The van der Waals surface area contributed by atoms with Crippen LogP contribution in [0.2, 0.25) is 0 Å². The average Bonchev–Trinajstić information content (AvgIpc) is 2.61. The van der Waals surface area contributed by atoms with Gasteiger partial charge in [-0.15, -0.1) is 0 Å². The Morgan fingerprint density at radius 2 is 2.12 bits per heavy atom. The Hall–Kier alpha value is -2.20. The van der Waals surface area contributed by atoms with Crippen molar-refractivity contribution in [3.8, 4) is 0 Å². The monoisotopic (exact) mass is 323 g/mol. The fraction of sp³-hybridized carbons (Fsp3) is 0.400. The van der Waals surface area contributed by atoms with E-state index in [-0.39, 0.29) is 11.8 Å². The molecule has 1 aliphatic heterocycles. The first kappa shape index (κ1) is 16.7. The summed E-state index contributed by atoms with van der Waals surface area (Å²) in [6.07, 6.45) is 3.47. The van der Waals surface area contributed by atoms with Crippen molar-refractivity contribution < 1.29 is 4.79 Å². The second-order valence-electron chi connectivity index (χ2n) is 6.55. The highest BCUT2D eigenvalue weighted by atomic mass is 16.1. The Balaban J connectivity index is 1.63. The third-order valence-corrected chi connectivity index (χ3v) is 4.79. The molecule has 24 heavy (non-hydrogen) atoms. The molecule has 0 saturated heterocycles. The minimum absolute atomic E-state index is 0.0947. The lowest BCUT2D eigenvalue weighted by Gasteiger charge is -2.22. The zero-order chi connectivity index (χ0) is 16.9. The van der Waals surface area contributed by atoms with E-state index >= 15 is 0 Å². The molecule has 2 heterocycles. The molecule has 1 aromatic carbocycles. The van der Waals surface area contributed by atoms with Crippen molar-refractivity contribution in [1.82, 2.24) is 15.6 Å². The zero-order valence-corrected chi connectivity index (χ0v) is 14.4. The van der Waals surface area contributed by atoms with Crippen molar-refractivity contribution in [2.75, 3.05) is 6.54 Å². The molecule has 3 rings (SSSR count). The number of aromatic nitrogens is 1.